The van der Waals surface area contributed by atoms with E-state index in [1.807, 2.05) is 0 Å². The first-order valence-electron chi connectivity index (χ1n) is 5.95. The van der Waals surface area contributed by atoms with Crippen LogP contribution in [0.4, 0.5) is 5.69 Å². The Hall–Kier alpha value is -1.06. The molecule has 1 aliphatic heterocycles. The van der Waals surface area contributed by atoms with E-state index in [0.29, 0.717) is 6.04 Å². The zero-order chi connectivity index (χ0) is 11.4. The highest BCUT2D eigenvalue weighted by atomic mass is 16.3. The van der Waals surface area contributed by atoms with Gasteiger partial charge in [0, 0.05) is 38.0 Å². The van der Waals surface area contributed by atoms with Crippen LogP contribution in [-0.4, -0.2) is 37.4 Å². The van der Waals surface area contributed by atoms with Crippen LogP contribution in [0.3, 0.4) is 0 Å². The molecule has 2 N–H and O–H groups in total. The van der Waals surface area contributed by atoms with E-state index in [0.717, 1.165) is 26.1 Å². The maximum atomic E-state index is 8.96. The fourth-order valence-corrected chi connectivity index (χ4v) is 2.23. The maximum absolute atomic E-state index is 8.96. The molecule has 1 aromatic carbocycles. The molecule has 1 fully saturated rings. The highest BCUT2D eigenvalue weighted by Gasteiger charge is 2.18. The Morgan fingerprint density at radius 2 is 2.38 bits per heavy atom. The molecule has 0 bridgehead atoms. The summed E-state index contributed by atoms with van der Waals surface area (Å²) in [7, 11) is 0. The van der Waals surface area contributed by atoms with Crippen molar-refractivity contribution in [3.8, 4) is 0 Å². The van der Waals surface area contributed by atoms with Gasteiger partial charge in [-0.2, -0.15) is 0 Å². The second-order valence-electron chi connectivity index (χ2n) is 4.45. The predicted octanol–water partition coefficient (Wildman–Crippen LogP) is 1.16. The average molecular weight is 220 g/mol. The molecule has 3 nitrogen and oxygen atoms in total. The van der Waals surface area contributed by atoms with E-state index < -0.39 is 0 Å². The van der Waals surface area contributed by atoms with E-state index >= 15 is 0 Å². The lowest BCUT2D eigenvalue weighted by molar-refractivity contribution is 0.260. The molecule has 0 aliphatic carbocycles. The molecule has 1 aromatic rings. The molecule has 0 spiro atoms. The lowest BCUT2D eigenvalue weighted by atomic mass is 10.1. The molecule has 0 radical (unpaired) electrons. The van der Waals surface area contributed by atoms with Gasteiger partial charge in [-0.1, -0.05) is 12.1 Å². The summed E-state index contributed by atoms with van der Waals surface area (Å²) in [5.41, 5.74) is 2.60. The molecule has 1 atom stereocenters. The minimum Gasteiger partial charge on any atom is -0.396 e. The van der Waals surface area contributed by atoms with Crippen molar-refractivity contribution in [3.05, 3.63) is 29.8 Å². The van der Waals surface area contributed by atoms with Crippen molar-refractivity contribution in [2.24, 2.45) is 0 Å². The second kappa shape index (κ2) is 5.32. The number of rotatable bonds is 3. The minimum atomic E-state index is 0.263. The fourth-order valence-electron chi connectivity index (χ4n) is 2.23. The van der Waals surface area contributed by atoms with Crippen molar-refractivity contribution < 1.29 is 5.11 Å². The number of hydrogen-bond acceptors (Lipinski definition) is 3. The van der Waals surface area contributed by atoms with E-state index in [4.69, 9.17) is 5.11 Å². The van der Waals surface area contributed by atoms with Crippen LogP contribution in [0.1, 0.15) is 12.0 Å². The summed E-state index contributed by atoms with van der Waals surface area (Å²) in [6, 6.07) is 9.03. The molecule has 1 aliphatic rings. The Kier molecular flexibility index (Phi) is 3.80. The number of nitrogens with zero attached hydrogens (tertiary/aromatic N) is 1. The summed E-state index contributed by atoms with van der Waals surface area (Å²) in [5.74, 6) is 0. The highest BCUT2D eigenvalue weighted by molar-refractivity contribution is 5.49. The molecule has 16 heavy (non-hydrogen) atoms. The van der Waals surface area contributed by atoms with Crippen molar-refractivity contribution in [2.75, 3.05) is 31.1 Å². The van der Waals surface area contributed by atoms with Crippen LogP contribution in [0.2, 0.25) is 0 Å². The first-order chi connectivity index (χ1) is 7.79. The number of nitrogens with one attached hydrogen (secondary N) is 1. The van der Waals surface area contributed by atoms with Gasteiger partial charge in [-0.05, 0) is 31.0 Å². The van der Waals surface area contributed by atoms with E-state index in [-0.39, 0.29) is 6.61 Å². The topological polar surface area (TPSA) is 35.5 Å². The summed E-state index contributed by atoms with van der Waals surface area (Å²) >= 11 is 0. The maximum Gasteiger partial charge on any atom is 0.0446 e. The van der Waals surface area contributed by atoms with Gasteiger partial charge in [0.05, 0.1) is 0 Å². The van der Waals surface area contributed by atoms with Gasteiger partial charge in [-0.25, -0.2) is 0 Å². The standard InChI is InChI=1S/C13H20N2O/c1-11-3-2-4-13(9-11)15-7-6-14-12(10-15)5-8-16/h2-4,9,12,14,16H,5-8,10H2,1H3. The van der Waals surface area contributed by atoms with Crippen LogP contribution in [0.15, 0.2) is 24.3 Å². The lowest BCUT2D eigenvalue weighted by Gasteiger charge is -2.35. The SMILES string of the molecule is Cc1cccc(N2CCNC(CCO)C2)c1. The average Bonchev–Trinajstić information content (AvgIpc) is 2.30. The smallest absolute Gasteiger partial charge is 0.0446 e. The van der Waals surface area contributed by atoms with E-state index in [1.165, 1.54) is 11.3 Å². The van der Waals surface area contributed by atoms with Crippen LogP contribution < -0.4 is 10.2 Å². The molecule has 0 amide bonds. The third-order valence-electron chi connectivity index (χ3n) is 3.10. The third-order valence-corrected chi connectivity index (χ3v) is 3.10. The Morgan fingerprint density at radius 3 is 3.12 bits per heavy atom. The van der Waals surface area contributed by atoms with E-state index in [9.17, 15) is 0 Å². The van der Waals surface area contributed by atoms with Crippen molar-refractivity contribution >= 4 is 5.69 Å². The van der Waals surface area contributed by atoms with Gasteiger partial charge in [0.2, 0.25) is 0 Å². The molecular weight excluding hydrogens is 200 g/mol. The quantitative estimate of drug-likeness (QED) is 0.802. The van der Waals surface area contributed by atoms with Crippen molar-refractivity contribution in [1.82, 2.24) is 5.32 Å². The largest absolute Gasteiger partial charge is 0.396 e. The molecule has 2 rings (SSSR count). The van der Waals surface area contributed by atoms with Crippen LogP contribution >= 0.6 is 0 Å². The van der Waals surface area contributed by atoms with Crippen molar-refractivity contribution in [2.45, 2.75) is 19.4 Å². The summed E-state index contributed by atoms with van der Waals surface area (Å²) in [5, 5.41) is 12.4. The number of aliphatic hydroxyl groups excluding tert-OH is 1. The van der Waals surface area contributed by atoms with Crippen molar-refractivity contribution in [1.29, 1.82) is 0 Å². The number of aliphatic hydroxyl groups is 1. The Labute approximate surface area is 97.1 Å². The first-order valence-corrected chi connectivity index (χ1v) is 5.95. The molecule has 1 saturated heterocycles. The second-order valence-corrected chi connectivity index (χ2v) is 4.45. The van der Waals surface area contributed by atoms with Gasteiger partial charge in [-0.15, -0.1) is 0 Å². The fraction of sp³-hybridized carbons (Fsp3) is 0.538. The molecule has 3 heteroatoms. The van der Waals surface area contributed by atoms with Gasteiger partial charge < -0.3 is 15.3 Å². The Balaban J connectivity index is 2.03. The summed E-state index contributed by atoms with van der Waals surface area (Å²) in [4.78, 5) is 2.39. The summed E-state index contributed by atoms with van der Waals surface area (Å²) < 4.78 is 0. The monoisotopic (exact) mass is 220 g/mol. The summed E-state index contributed by atoms with van der Waals surface area (Å²) in [6.45, 7) is 5.42. The zero-order valence-corrected chi connectivity index (χ0v) is 9.82. The van der Waals surface area contributed by atoms with Gasteiger partial charge >= 0.3 is 0 Å². The lowest BCUT2D eigenvalue weighted by Crippen LogP contribution is -2.51. The predicted molar refractivity (Wildman–Crippen MR) is 66.9 cm³/mol. The number of benzene rings is 1. The van der Waals surface area contributed by atoms with E-state index in [2.05, 4.69) is 41.4 Å². The Bertz CT molecular complexity index is 338. The van der Waals surface area contributed by atoms with Crippen LogP contribution in [0.5, 0.6) is 0 Å². The van der Waals surface area contributed by atoms with Crippen LogP contribution in [0, 0.1) is 6.92 Å². The van der Waals surface area contributed by atoms with Gasteiger partial charge in [-0.3, -0.25) is 0 Å². The number of aryl methyl sites for hydroxylation is 1. The van der Waals surface area contributed by atoms with Gasteiger partial charge in [0.1, 0.15) is 0 Å². The number of piperazine rings is 1. The van der Waals surface area contributed by atoms with Gasteiger partial charge in [0.15, 0.2) is 0 Å². The molecule has 0 aromatic heterocycles. The zero-order valence-electron chi connectivity index (χ0n) is 9.82. The minimum absolute atomic E-state index is 0.263. The van der Waals surface area contributed by atoms with Crippen molar-refractivity contribution in [3.63, 3.8) is 0 Å². The molecule has 1 heterocycles. The van der Waals surface area contributed by atoms with Crippen LogP contribution in [0.25, 0.3) is 0 Å². The molecule has 0 saturated carbocycles. The van der Waals surface area contributed by atoms with Crippen LogP contribution in [-0.2, 0) is 0 Å². The number of anilines is 1. The third kappa shape index (κ3) is 2.74. The first kappa shape index (κ1) is 11.4. The molecule has 1 unspecified atom stereocenters. The van der Waals surface area contributed by atoms with Gasteiger partial charge in [0.25, 0.3) is 0 Å². The normalized spacial score (nSPS) is 21.1. The molecular formula is C13H20N2O. The highest BCUT2D eigenvalue weighted by Crippen LogP contribution is 2.17. The molecule has 88 valence electrons. The Morgan fingerprint density at radius 1 is 1.50 bits per heavy atom. The summed E-state index contributed by atoms with van der Waals surface area (Å²) in [6.07, 6.45) is 0.836. The number of hydrogen-bond donors (Lipinski definition) is 2. The van der Waals surface area contributed by atoms with E-state index in [1.54, 1.807) is 0 Å².